The van der Waals surface area contributed by atoms with E-state index in [2.05, 4.69) is 0 Å². The molecule has 0 N–H and O–H groups in total. The Morgan fingerprint density at radius 3 is 2.23 bits per heavy atom. The second-order valence-electron chi connectivity index (χ2n) is 9.05. The highest BCUT2D eigenvalue weighted by atomic mass is 35.5. The summed E-state index contributed by atoms with van der Waals surface area (Å²) in [4.78, 5) is 22.3. The van der Waals surface area contributed by atoms with Crippen LogP contribution in [0.2, 0.25) is 0 Å². The van der Waals surface area contributed by atoms with E-state index >= 15 is 0 Å². The van der Waals surface area contributed by atoms with Crippen LogP contribution < -0.4 is 13.9 Å². The smallest absolute Gasteiger partial charge is 0.264 e. The Labute approximate surface area is 240 Å². The van der Waals surface area contributed by atoms with Gasteiger partial charge in [-0.1, -0.05) is 35.6 Å². The fourth-order valence-corrected chi connectivity index (χ4v) is 6.65. The lowest BCUT2D eigenvalue weighted by molar-refractivity contribution is 0.0985. The molecule has 0 atom stereocenters. The van der Waals surface area contributed by atoms with Crippen molar-refractivity contribution < 1.29 is 17.9 Å². The third-order valence-corrected chi connectivity index (χ3v) is 9.31. The number of sulfonamides is 1. The summed E-state index contributed by atoms with van der Waals surface area (Å²) in [5.41, 5.74) is 2.75. The van der Waals surface area contributed by atoms with E-state index in [4.69, 9.17) is 9.72 Å². The van der Waals surface area contributed by atoms with E-state index in [0.717, 1.165) is 15.8 Å². The van der Waals surface area contributed by atoms with E-state index in [1.165, 1.54) is 27.8 Å². The number of rotatable bonds is 10. The Morgan fingerprint density at radius 2 is 1.64 bits per heavy atom. The average Bonchev–Trinajstić information content (AvgIpc) is 3.36. The van der Waals surface area contributed by atoms with Gasteiger partial charge in [-0.3, -0.25) is 14.0 Å². The van der Waals surface area contributed by atoms with Crippen LogP contribution >= 0.6 is 23.7 Å². The van der Waals surface area contributed by atoms with Gasteiger partial charge in [0.2, 0.25) is 0 Å². The van der Waals surface area contributed by atoms with Crippen LogP contribution in [0, 0.1) is 6.92 Å². The number of benzene rings is 3. The fourth-order valence-electron chi connectivity index (χ4n) is 4.10. The molecule has 39 heavy (non-hydrogen) atoms. The van der Waals surface area contributed by atoms with Gasteiger partial charge >= 0.3 is 0 Å². The molecule has 8 nitrogen and oxygen atoms in total. The van der Waals surface area contributed by atoms with Crippen molar-refractivity contribution in [2.24, 2.45) is 0 Å². The number of halogens is 1. The second-order valence-corrected chi connectivity index (χ2v) is 11.9. The van der Waals surface area contributed by atoms with E-state index in [1.54, 1.807) is 55.3 Å². The Balaban J connectivity index is 0.00000420. The number of fused-ring (bicyclic) bond motifs is 1. The minimum Gasteiger partial charge on any atom is -0.494 e. The van der Waals surface area contributed by atoms with Gasteiger partial charge in [0.15, 0.2) is 5.13 Å². The molecule has 0 saturated heterocycles. The molecule has 0 aliphatic heterocycles. The number of likely N-dealkylation sites (N-methyl/N-ethyl adjacent to an activating group) is 1. The first-order chi connectivity index (χ1) is 18.2. The van der Waals surface area contributed by atoms with Gasteiger partial charge in [-0.15, -0.1) is 12.4 Å². The molecule has 0 saturated carbocycles. The van der Waals surface area contributed by atoms with Crippen LogP contribution in [0.1, 0.15) is 22.8 Å². The van der Waals surface area contributed by atoms with E-state index in [9.17, 15) is 13.2 Å². The molecular formula is C28H33ClN4O4S2. The molecule has 4 aromatic rings. The number of methoxy groups -OCH3 is 1. The Bertz CT molecular complexity index is 1520. The average molecular weight is 589 g/mol. The number of nitrogens with zero attached hydrogens (tertiary/aromatic N) is 4. The summed E-state index contributed by atoms with van der Waals surface area (Å²) in [6.07, 6.45) is 0. The summed E-state index contributed by atoms with van der Waals surface area (Å²) in [5.74, 6) is 0.406. The first kappa shape index (κ1) is 30.4. The Morgan fingerprint density at radius 1 is 0.974 bits per heavy atom. The summed E-state index contributed by atoms with van der Waals surface area (Å²) >= 11 is 1.44. The zero-order valence-corrected chi connectivity index (χ0v) is 25.1. The molecule has 1 amide bonds. The van der Waals surface area contributed by atoms with Gasteiger partial charge in [-0.05, 0) is 76.0 Å². The van der Waals surface area contributed by atoms with Crippen LogP contribution in [0.25, 0.3) is 10.2 Å². The summed E-state index contributed by atoms with van der Waals surface area (Å²) in [7, 11) is 1.70. The monoisotopic (exact) mass is 588 g/mol. The number of hydrogen-bond acceptors (Lipinski definition) is 7. The largest absolute Gasteiger partial charge is 0.494 e. The molecule has 0 spiro atoms. The van der Waals surface area contributed by atoms with Crippen LogP contribution in [-0.4, -0.2) is 65.0 Å². The number of anilines is 2. The molecular weight excluding hydrogens is 556 g/mol. The number of thiazole rings is 1. The van der Waals surface area contributed by atoms with E-state index in [-0.39, 0.29) is 29.8 Å². The molecule has 4 rings (SSSR count). The number of ether oxygens (including phenoxy) is 1. The molecule has 208 valence electrons. The molecule has 1 heterocycles. The van der Waals surface area contributed by atoms with Crippen LogP contribution in [0.15, 0.2) is 71.6 Å². The molecule has 0 unspecified atom stereocenters. The zero-order chi connectivity index (χ0) is 27.4. The quantitative estimate of drug-likeness (QED) is 0.245. The van der Waals surface area contributed by atoms with Crippen molar-refractivity contribution in [2.75, 3.05) is 50.0 Å². The fraction of sp³-hybridized carbons (Fsp3) is 0.286. The van der Waals surface area contributed by atoms with E-state index in [1.807, 2.05) is 44.1 Å². The Kier molecular flexibility index (Phi) is 9.95. The molecule has 0 aliphatic rings. The van der Waals surface area contributed by atoms with Crippen LogP contribution in [0.3, 0.4) is 0 Å². The summed E-state index contributed by atoms with van der Waals surface area (Å²) < 4.78 is 34.6. The van der Waals surface area contributed by atoms with Crippen molar-refractivity contribution in [3.8, 4) is 5.75 Å². The number of para-hydroxylation sites is 1. The predicted molar refractivity (Wildman–Crippen MR) is 161 cm³/mol. The Hall–Kier alpha value is -3.18. The van der Waals surface area contributed by atoms with Crippen molar-refractivity contribution >= 4 is 60.7 Å². The summed E-state index contributed by atoms with van der Waals surface area (Å²) in [6.45, 7) is 5.13. The van der Waals surface area contributed by atoms with Gasteiger partial charge in [0.1, 0.15) is 11.3 Å². The zero-order valence-electron chi connectivity index (χ0n) is 22.6. The summed E-state index contributed by atoms with van der Waals surface area (Å²) in [5, 5.41) is 0.567. The van der Waals surface area contributed by atoms with Crippen molar-refractivity contribution in [1.29, 1.82) is 0 Å². The lowest BCUT2D eigenvalue weighted by atomic mass is 10.2. The molecule has 3 aromatic carbocycles. The number of carbonyl (C=O) groups excluding carboxylic acids is 1. The van der Waals surface area contributed by atoms with Gasteiger partial charge in [0.25, 0.3) is 15.9 Å². The molecule has 0 bridgehead atoms. The van der Waals surface area contributed by atoms with Crippen molar-refractivity contribution in [2.45, 2.75) is 18.7 Å². The third kappa shape index (κ3) is 6.36. The summed E-state index contributed by atoms with van der Waals surface area (Å²) in [6, 6.07) is 18.9. The highest BCUT2D eigenvalue weighted by Crippen LogP contribution is 2.37. The molecule has 0 radical (unpaired) electrons. The minimum absolute atomic E-state index is 0. The van der Waals surface area contributed by atoms with Gasteiger partial charge < -0.3 is 9.64 Å². The van der Waals surface area contributed by atoms with Crippen LogP contribution in [0.4, 0.5) is 10.8 Å². The van der Waals surface area contributed by atoms with Crippen molar-refractivity contribution in [1.82, 2.24) is 9.88 Å². The van der Waals surface area contributed by atoms with Gasteiger partial charge in [-0.2, -0.15) is 0 Å². The van der Waals surface area contributed by atoms with Crippen LogP contribution in [-0.2, 0) is 10.0 Å². The minimum atomic E-state index is -3.79. The van der Waals surface area contributed by atoms with Gasteiger partial charge in [-0.25, -0.2) is 13.4 Å². The third-order valence-electron chi connectivity index (χ3n) is 6.18. The SMILES string of the molecule is CCN(c1ccccc1)S(=O)(=O)c1ccc(C(=O)N(CCN(C)C)c2nc3c(OC)ccc(C)c3s2)cc1.Cl. The molecule has 11 heteroatoms. The first-order valence-electron chi connectivity index (χ1n) is 12.3. The van der Waals surface area contributed by atoms with E-state index < -0.39 is 10.0 Å². The number of hydrogen-bond donors (Lipinski definition) is 0. The maximum Gasteiger partial charge on any atom is 0.264 e. The first-order valence-corrected chi connectivity index (χ1v) is 14.5. The second kappa shape index (κ2) is 12.8. The molecule has 0 aliphatic carbocycles. The number of aryl methyl sites for hydroxylation is 1. The number of carbonyl (C=O) groups is 1. The normalized spacial score (nSPS) is 11.3. The van der Waals surface area contributed by atoms with Crippen molar-refractivity contribution in [3.63, 3.8) is 0 Å². The topological polar surface area (TPSA) is 83.1 Å². The van der Waals surface area contributed by atoms with Crippen molar-refractivity contribution in [3.05, 3.63) is 77.9 Å². The lowest BCUT2D eigenvalue weighted by Gasteiger charge is -2.24. The standard InChI is InChI=1S/C28H32N4O4S2.ClH/c1-6-32(22-10-8-7-9-11-22)38(34,35)23-15-13-21(14-16-23)27(33)31(19-18-30(3)4)28-29-25-24(36-5)17-12-20(2)26(25)37-28;/h7-17H,6,18-19H2,1-5H3;1H. The molecule has 0 fully saturated rings. The predicted octanol–water partition coefficient (Wildman–Crippen LogP) is 5.46. The van der Waals surface area contributed by atoms with Crippen LogP contribution in [0.5, 0.6) is 5.75 Å². The van der Waals surface area contributed by atoms with E-state index in [0.29, 0.717) is 35.2 Å². The highest BCUT2D eigenvalue weighted by molar-refractivity contribution is 7.92. The highest BCUT2D eigenvalue weighted by Gasteiger charge is 2.26. The molecule has 1 aromatic heterocycles. The lowest BCUT2D eigenvalue weighted by Crippen LogP contribution is -2.36. The maximum absolute atomic E-state index is 13.7. The van der Waals surface area contributed by atoms with Gasteiger partial charge in [0.05, 0.1) is 22.4 Å². The number of amides is 1. The maximum atomic E-state index is 13.7. The van der Waals surface area contributed by atoms with Gasteiger partial charge in [0, 0.05) is 25.2 Å². The number of aromatic nitrogens is 1.